The Morgan fingerprint density at radius 2 is 1.64 bits per heavy atom. The van der Waals surface area contributed by atoms with E-state index in [2.05, 4.69) is 5.32 Å². The fourth-order valence-electron chi connectivity index (χ4n) is 3.48. The van der Waals surface area contributed by atoms with Crippen LogP contribution in [-0.2, 0) is 9.59 Å². The van der Waals surface area contributed by atoms with Crippen molar-refractivity contribution in [3.05, 3.63) is 0 Å². The van der Waals surface area contributed by atoms with Crippen LogP contribution in [0.15, 0.2) is 0 Å². The number of hydrogen-bond acceptors (Lipinski definition) is 3. The molecule has 2 saturated heterocycles. The third kappa shape index (κ3) is 4.00. The van der Waals surface area contributed by atoms with Gasteiger partial charge in [-0.15, -0.1) is 0 Å². The van der Waals surface area contributed by atoms with Crippen molar-refractivity contribution >= 4 is 11.8 Å². The van der Waals surface area contributed by atoms with Crippen molar-refractivity contribution in [2.45, 2.75) is 52.5 Å². The van der Waals surface area contributed by atoms with Crippen molar-refractivity contribution in [3.8, 4) is 0 Å². The summed E-state index contributed by atoms with van der Waals surface area (Å²) < 4.78 is 0. The van der Waals surface area contributed by atoms with Gasteiger partial charge in [-0.2, -0.15) is 0 Å². The summed E-state index contributed by atoms with van der Waals surface area (Å²) in [6.07, 6.45) is 3.91. The molecule has 0 bridgehead atoms. The van der Waals surface area contributed by atoms with Gasteiger partial charge in [0.1, 0.15) is 0 Å². The molecule has 2 fully saturated rings. The quantitative estimate of drug-likeness (QED) is 0.841. The molecule has 0 saturated carbocycles. The van der Waals surface area contributed by atoms with E-state index in [1.54, 1.807) is 0 Å². The van der Waals surface area contributed by atoms with Crippen LogP contribution in [0.3, 0.4) is 0 Å². The van der Waals surface area contributed by atoms with Gasteiger partial charge in [0.2, 0.25) is 11.8 Å². The van der Waals surface area contributed by atoms with Gasteiger partial charge in [0.25, 0.3) is 0 Å². The second-order valence-electron chi connectivity index (χ2n) is 7.73. The molecule has 5 heteroatoms. The second kappa shape index (κ2) is 6.99. The van der Waals surface area contributed by atoms with Gasteiger partial charge >= 0.3 is 0 Å². The Morgan fingerprint density at radius 3 is 2.18 bits per heavy atom. The lowest BCUT2D eigenvalue weighted by Gasteiger charge is -2.39. The molecule has 2 amide bonds. The summed E-state index contributed by atoms with van der Waals surface area (Å²) in [7, 11) is 1.99. The van der Waals surface area contributed by atoms with Crippen molar-refractivity contribution in [2.75, 3.05) is 33.2 Å². The first-order valence-corrected chi connectivity index (χ1v) is 8.58. The molecule has 0 aromatic rings. The molecule has 5 nitrogen and oxygen atoms in total. The number of nitrogens with one attached hydrogen (secondary N) is 1. The van der Waals surface area contributed by atoms with E-state index in [0.29, 0.717) is 12.6 Å². The van der Waals surface area contributed by atoms with Crippen LogP contribution in [0.5, 0.6) is 0 Å². The average molecular weight is 309 g/mol. The molecule has 1 unspecified atom stereocenters. The van der Waals surface area contributed by atoms with E-state index in [-0.39, 0.29) is 23.1 Å². The van der Waals surface area contributed by atoms with Crippen LogP contribution in [0.1, 0.15) is 46.5 Å². The number of piperidine rings is 2. The predicted molar refractivity (Wildman–Crippen MR) is 87.4 cm³/mol. The topological polar surface area (TPSA) is 52.7 Å². The van der Waals surface area contributed by atoms with Gasteiger partial charge in [-0.3, -0.25) is 9.59 Å². The van der Waals surface area contributed by atoms with Crippen molar-refractivity contribution in [1.82, 2.24) is 15.1 Å². The van der Waals surface area contributed by atoms with E-state index in [1.165, 1.54) is 0 Å². The average Bonchev–Trinajstić information content (AvgIpc) is 2.52. The van der Waals surface area contributed by atoms with Crippen LogP contribution in [0, 0.1) is 11.3 Å². The molecule has 1 N–H and O–H groups in total. The van der Waals surface area contributed by atoms with Crippen molar-refractivity contribution in [3.63, 3.8) is 0 Å². The second-order valence-corrected chi connectivity index (χ2v) is 7.73. The maximum atomic E-state index is 12.7. The highest BCUT2D eigenvalue weighted by Gasteiger charge is 2.35. The Bertz CT molecular complexity index is 409. The van der Waals surface area contributed by atoms with Crippen LogP contribution in [0.2, 0.25) is 0 Å². The first-order chi connectivity index (χ1) is 10.3. The van der Waals surface area contributed by atoms with Crippen LogP contribution < -0.4 is 5.32 Å². The van der Waals surface area contributed by atoms with E-state index < -0.39 is 0 Å². The van der Waals surface area contributed by atoms with Crippen LogP contribution >= 0.6 is 0 Å². The standard InChI is InChI=1S/C17H31N3O2/c1-17(2,3)16(22)20-9-5-6-13(12-20)15(21)19-10-7-14(18-4)8-11-19/h13-14,18H,5-12H2,1-4H3. The summed E-state index contributed by atoms with van der Waals surface area (Å²) in [4.78, 5) is 29.1. The number of carbonyl (C=O) groups is 2. The summed E-state index contributed by atoms with van der Waals surface area (Å²) in [6.45, 7) is 8.92. The fourth-order valence-corrected chi connectivity index (χ4v) is 3.48. The number of carbonyl (C=O) groups excluding carboxylic acids is 2. The van der Waals surface area contributed by atoms with Gasteiger partial charge in [-0.05, 0) is 32.7 Å². The fraction of sp³-hybridized carbons (Fsp3) is 0.882. The van der Waals surface area contributed by atoms with Gasteiger partial charge in [0.15, 0.2) is 0 Å². The summed E-state index contributed by atoms with van der Waals surface area (Å²) >= 11 is 0. The van der Waals surface area contributed by atoms with Crippen molar-refractivity contribution in [1.29, 1.82) is 0 Å². The molecular weight excluding hydrogens is 278 g/mol. The third-order valence-corrected chi connectivity index (χ3v) is 4.91. The van der Waals surface area contributed by atoms with Gasteiger partial charge < -0.3 is 15.1 Å². The summed E-state index contributed by atoms with van der Waals surface area (Å²) in [6, 6.07) is 0.536. The molecule has 126 valence electrons. The highest BCUT2D eigenvalue weighted by atomic mass is 16.2. The Balaban J connectivity index is 1.92. The maximum absolute atomic E-state index is 12.7. The third-order valence-electron chi connectivity index (χ3n) is 4.91. The molecule has 2 heterocycles. The van der Waals surface area contributed by atoms with E-state index in [1.807, 2.05) is 37.6 Å². The van der Waals surface area contributed by atoms with E-state index in [9.17, 15) is 9.59 Å². The smallest absolute Gasteiger partial charge is 0.227 e. The molecule has 0 spiro atoms. The molecule has 22 heavy (non-hydrogen) atoms. The van der Waals surface area contributed by atoms with Gasteiger partial charge in [0, 0.05) is 37.6 Å². The zero-order chi connectivity index (χ0) is 16.3. The highest BCUT2D eigenvalue weighted by Crippen LogP contribution is 2.25. The molecule has 0 aromatic heterocycles. The van der Waals surface area contributed by atoms with Crippen LogP contribution in [-0.4, -0.2) is 60.9 Å². The molecular formula is C17H31N3O2. The van der Waals surface area contributed by atoms with Crippen molar-refractivity contribution < 1.29 is 9.59 Å². The minimum Gasteiger partial charge on any atom is -0.342 e. The minimum atomic E-state index is -0.365. The molecule has 0 aromatic carbocycles. The number of hydrogen-bond donors (Lipinski definition) is 1. The molecule has 2 rings (SSSR count). The monoisotopic (exact) mass is 309 g/mol. The Morgan fingerprint density at radius 1 is 1.00 bits per heavy atom. The zero-order valence-electron chi connectivity index (χ0n) is 14.5. The van der Waals surface area contributed by atoms with E-state index >= 15 is 0 Å². The van der Waals surface area contributed by atoms with Crippen LogP contribution in [0.25, 0.3) is 0 Å². The number of likely N-dealkylation sites (tertiary alicyclic amines) is 2. The lowest BCUT2D eigenvalue weighted by atomic mass is 9.90. The van der Waals surface area contributed by atoms with E-state index in [0.717, 1.165) is 45.3 Å². The van der Waals surface area contributed by atoms with Gasteiger partial charge in [-0.1, -0.05) is 20.8 Å². The van der Waals surface area contributed by atoms with Gasteiger partial charge in [0.05, 0.1) is 5.92 Å². The Labute approximate surface area is 134 Å². The normalized spacial score (nSPS) is 24.5. The lowest BCUT2D eigenvalue weighted by molar-refractivity contribution is -0.145. The van der Waals surface area contributed by atoms with E-state index in [4.69, 9.17) is 0 Å². The summed E-state index contributed by atoms with van der Waals surface area (Å²) in [5.41, 5.74) is -0.365. The molecule has 2 aliphatic heterocycles. The van der Waals surface area contributed by atoms with Crippen LogP contribution in [0.4, 0.5) is 0 Å². The zero-order valence-corrected chi connectivity index (χ0v) is 14.5. The molecule has 1 atom stereocenters. The SMILES string of the molecule is CNC1CCN(C(=O)C2CCCN(C(=O)C(C)(C)C)C2)CC1. The Hall–Kier alpha value is -1.10. The first-order valence-electron chi connectivity index (χ1n) is 8.58. The van der Waals surface area contributed by atoms with Gasteiger partial charge in [-0.25, -0.2) is 0 Å². The minimum absolute atomic E-state index is 0.00816. The molecule has 0 radical (unpaired) electrons. The molecule has 0 aliphatic carbocycles. The summed E-state index contributed by atoms with van der Waals surface area (Å²) in [5, 5.41) is 3.29. The van der Waals surface area contributed by atoms with Crippen molar-refractivity contribution in [2.24, 2.45) is 11.3 Å². The number of nitrogens with zero attached hydrogens (tertiary/aromatic N) is 2. The largest absolute Gasteiger partial charge is 0.342 e. The Kier molecular flexibility index (Phi) is 5.48. The highest BCUT2D eigenvalue weighted by molar-refractivity contribution is 5.84. The maximum Gasteiger partial charge on any atom is 0.227 e. The predicted octanol–water partition coefficient (Wildman–Crippen LogP) is 1.48. The number of amides is 2. The molecule has 2 aliphatic rings. The lowest BCUT2D eigenvalue weighted by Crippen LogP contribution is -2.51. The number of rotatable bonds is 2. The first kappa shape index (κ1) is 17.3. The summed E-state index contributed by atoms with van der Waals surface area (Å²) in [5.74, 6) is 0.408.